The number of hydrogen-bond acceptors (Lipinski definition) is 2. The van der Waals surface area contributed by atoms with Gasteiger partial charge in [-0.05, 0) is 36.0 Å². The second-order valence-corrected chi connectivity index (χ2v) is 8.26. The van der Waals surface area contributed by atoms with Crippen molar-refractivity contribution in [2.75, 3.05) is 0 Å². The van der Waals surface area contributed by atoms with Crippen molar-refractivity contribution in [1.29, 1.82) is 0 Å². The summed E-state index contributed by atoms with van der Waals surface area (Å²) in [7, 11) is 0. The Morgan fingerprint density at radius 1 is 1.21 bits per heavy atom. The first kappa shape index (κ1) is 16.2. The number of amides is 2. The molecule has 1 aliphatic rings. The lowest BCUT2D eigenvalue weighted by molar-refractivity contribution is -0.126. The van der Waals surface area contributed by atoms with Crippen LogP contribution in [0.2, 0.25) is 0 Å². The van der Waals surface area contributed by atoms with E-state index in [0.717, 1.165) is 12.8 Å². The Morgan fingerprint density at radius 2 is 1.79 bits per heavy atom. The second kappa shape index (κ2) is 5.64. The van der Waals surface area contributed by atoms with E-state index >= 15 is 0 Å². The van der Waals surface area contributed by atoms with Gasteiger partial charge in [-0.15, -0.1) is 0 Å². The summed E-state index contributed by atoms with van der Waals surface area (Å²) in [6.07, 6.45) is 3.47. The van der Waals surface area contributed by atoms with E-state index in [-0.39, 0.29) is 23.1 Å². The van der Waals surface area contributed by atoms with E-state index < -0.39 is 0 Å². The van der Waals surface area contributed by atoms with Crippen molar-refractivity contribution in [2.24, 2.45) is 22.7 Å². The zero-order chi connectivity index (χ0) is 14.8. The number of carbonyl (C=O) groups is 2. The van der Waals surface area contributed by atoms with Crippen LogP contribution in [0.5, 0.6) is 0 Å². The molecule has 1 saturated heterocycles. The van der Waals surface area contributed by atoms with Crippen LogP contribution in [0.4, 0.5) is 0 Å². The van der Waals surface area contributed by atoms with Gasteiger partial charge in [0, 0.05) is 12.3 Å². The fraction of sp³-hybridized carbons (Fsp3) is 0.875. The normalized spacial score (nSPS) is 22.5. The Morgan fingerprint density at radius 3 is 2.21 bits per heavy atom. The molecule has 19 heavy (non-hydrogen) atoms. The molecule has 3 nitrogen and oxygen atoms in total. The summed E-state index contributed by atoms with van der Waals surface area (Å²) >= 11 is 0. The molecule has 1 heterocycles. The zero-order valence-corrected chi connectivity index (χ0v) is 13.3. The minimum atomic E-state index is -0.115. The first-order valence-electron chi connectivity index (χ1n) is 7.32. The fourth-order valence-corrected chi connectivity index (χ4v) is 3.82. The van der Waals surface area contributed by atoms with Crippen LogP contribution in [0.15, 0.2) is 0 Å². The lowest BCUT2D eigenvalue weighted by Gasteiger charge is -2.34. The SMILES string of the molecule is CC(CC1CC(=O)NC1=O)CC(C)(C)CC(C)(C)C. The molecule has 0 aromatic heterocycles. The van der Waals surface area contributed by atoms with Crippen LogP contribution in [-0.2, 0) is 9.59 Å². The van der Waals surface area contributed by atoms with Gasteiger partial charge in [0.1, 0.15) is 0 Å². The lowest BCUT2D eigenvalue weighted by Crippen LogP contribution is -2.26. The van der Waals surface area contributed by atoms with Crippen molar-refractivity contribution in [2.45, 2.75) is 67.2 Å². The summed E-state index contributed by atoms with van der Waals surface area (Å²) in [6.45, 7) is 13.6. The molecular weight excluding hydrogens is 238 g/mol. The van der Waals surface area contributed by atoms with Gasteiger partial charge in [-0.3, -0.25) is 14.9 Å². The van der Waals surface area contributed by atoms with Gasteiger partial charge in [0.05, 0.1) is 0 Å². The molecule has 2 unspecified atom stereocenters. The zero-order valence-electron chi connectivity index (χ0n) is 13.3. The van der Waals surface area contributed by atoms with E-state index in [1.807, 2.05) is 0 Å². The summed E-state index contributed by atoms with van der Waals surface area (Å²) in [5, 5.41) is 2.40. The van der Waals surface area contributed by atoms with E-state index in [1.165, 1.54) is 6.42 Å². The van der Waals surface area contributed by atoms with Crippen molar-refractivity contribution in [3.8, 4) is 0 Å². The van der Waals surface area contributed by atoms with E-state index in [2.05, 4.69) is 46.9 Å². The smallest absolute Gasteiger partial charge is 0.230 e. The average Bonchev–Trinajstić information content (AvgIpc) is 2.38. The van der Waals surface area contributed by atoms with Gasteiger partial charge >= 0.3 is 0 Å². The van der Waals surface area contributed by atoms with Crippen molar-refractivity contribution < 1.29 is 9.59 Å². The maximum Gasteiger partial charge on any atom is 0.230 e. The second-order valence-electron chi connectivity index (χ2n) is 8.26. The number of hydrogen-bond donors (Lipinski definition) is 1. The molecule has 1 aliphatic heterocycles. The van der Waals surface area contributed by atoms with E-state index in [0.29, 0.717) is 17.8 Å². The van der Waals surface area contributed by atoms with Gasteiger partial charge in [0.15, 0.2) is 0 Å². The van der Waals surface area contributed by atoms with Crippen LogP contribution >= 0.6 is 0 Å². The number of carbonyl (C=O) groups excluding carboxylic acids is 2. The molecule has 1 rings (SSSR count). The maximum absolute atomic E-state index is 11.6. The van der Waals surface area contributed by atoms with E-state index in [4.69, 9.17) is 0 Å². The maximum atomic E-state index is 11.6. The molecule has 0 aromatic rings. The fourth-order valence-electron chi connectivity index (χ4n) is 3.82. The van der Waals surface area contributed by atoms with Crippen molar-refractivity contribution in [3.05, 3.63) is 0 Å². The Hall–Kier alpha value is -0.860. The van der Waals surface area contributed by atoms with Crippen molar-refractivity contribution >= 4 is 11.8 Å². The quantitative estimate of drug-likeness (QED) is 0.775. The Labute approximate surface area is 117 Å². The highest BCUT2D eigenvalue weighted by Gasteiger charge is 2.33. The molecule has 110 valence electrons. The molecule has 1 N–H and O–H groups in total. The van der Waals surface area contributed by atoms with Crippen molar-refractivity contribution in [3.63, 3.8) is 0 Å². The third kappa shape index (κ3) is 5.75. The largest absolute Gasteiger partial charge is 0.296 e. The van der Waals surface area contributed by atoms with Gasteiger partial charge in [0.2, 0.25) is 11.8 Å². The molecule has 0 aromatic carbocycles. The Kier molecular flexibility index (Phi) is 4.81. The average molecular weight is 267 g/mol. The molecule has 2 amide bonds. The summed E-state index contributed by atoms with van der Waals surface area (Å²) in [5.74, 6) is 0.175. The summed E-state index contributed by atoms with van der Waals surface area (Å²) < 4.78 is 0. The summed E-state index contributed by atoms with van der Waals surface area (Å²) in [4.78, 5) is 22.8. The van der Waals surface area contributed by atoms with Crippen LogP contribution < -0.4 is 5.32 Å². The number of imide groups is 1. The third-order valence-corrected chi connectivity index (χ3v) is 3.66. The van der Waals surface area contributed by atoms with Gasteiger partial charge in [0.25, 0.3) is 0 Å². The minimum absolute atomic E-state index is 0.0783. The number of nitrogens with one attached hydrogen (secondary N) is 1. The van der Waals surface area contributed by atoms with E-state index in [1.54, 1.807) is 0 Å². The predicted molar refractivity (Wildman–Crippen MR) is 77.5 cm³/mol. The van der Waals surface area contributed by atoms with Crippen LogP contribution in [-0.4, -0.2) is 11.8 Å². The first-order valence-corrected chi connectivity index (χ1v) is 7.32. The first-order chi connectivity index (χ1) is 8.48. The highest BCUT2D eigenvalue weighted by atomic mass is 16.2. The molecule has 3 heteroatoms. The molecule has 0 aliphatic carbocycles. The Balaban J connectivity index is 2.48. The monoisotopic (exact) mass is 267 g/mol. The highest BCUT2D eigenvalue weighted by molar-refractivity contribution is 6.03. The number of rotatable bonds is 5. The predicted octanol–water partition coefficient (Wildman–Crippen LogP) is 3.53. The molecule has 2 atom stereocenters. The third-order valence-electron chi connectivity index (χ3n) is 3.66. The van der Waals surface area contributed by atoms with Crippen LogP contribution in [0.3, 0.4) is 0 Å². The Bertz CT molecular complexity index is 352. The van der Waals surface area contributed by atoms with Crippen LogP contribution in [0.1, 0.15) is 67.2 Å². The van der Waals surface area contributed by atoms with Crippen LogP contribution in [0.25, 0.3) is 0 Å². The molecule has 1 fully saturated rings. The van der Waals surface area contributed by atoms with Gasteiger partial charge in [-0.25, -0.2) is 0 Å². The molecule has 0 radical (unpaired) electrons. The molecule has 0 saturated carbocycles. The lowest BCUT2D eigenvalue weighted by atomic mass is 9.71. The topological polar surface area (TPSA) is 46.2 Å². The summed E-state index contributed by atoms with van der Waals surface area (Å²) in [6, 6.07) is 0. The standard InChI is InChI=1S/C16H29NO2/c1-11(7-12-8-13(18)17-14(12)19)9-16(5,6)10-15(2,3)4/h11-12H,7-10H2,1-6H3,(H,17,18,19). The molecule has 0 spiro atoms. The van der Waals surface area contributed by atoms with Crippen LogP contribution in [0, 0.1) is 22.7 Å². The molecule has 0 bridgehead atoms. The van der Waals surface area contributed by atoms with Gasteiger partial charge in [-0.1, -0.05) is 41.5 Å². The van der Waals surface area contributed by atoms with Gasteiger partial charge < -0.3 is 0 Å². The van der Waals surface area contributed by atoms with E-state index in [9.17, 15) is 9.59 Å². The molecular formula is C16H29NO2. The minimum Gasteiger partial charge on any atom is -0.296 e. The van der Waals surface area contributed by atoms with Gasteiger partial charge in [-0.2, -0.15) is 0 Å². The highest BCUT2D eigenvalue weighted by Crippen LogP contribution is 2.39. The summed E-state index contributed by atoms with van der Waals surface area (Å²) in [5.41, 5.74) is 0.598. The van der Waals surface area contributed by atoms with Crippen molar-refractivity contribution in [1.82, 2.24) is 5.32 Å².